The largest absolute Gasteiger partial charge is 0.494 e. The van der Waals surface area contributed by atoms with Crippen LogP contribution in [0.2, 0.25) is 0 Å². The van der Waals surface area contributed by atoms with E-state index in [1.807, 2.05) is 60.6 Å². The standard InChI is InChI=1S/C19H30N6OS.HI/c1-16-23-24-18(25(16)2)15-22-19(21-12-8-14-27-3)20-11-7-13-26-17-9-5-4-6-10-17;/h4-6,9-10H,7-8,11-15H2,1-3H3,(H2,20,21,22);1H. The quantitative estimate of drug-likeness (QED) is 0.206. The number of hydrogen-bond donors (Lipinski definition) is 2. The predicted molar refractivity (Wildman–Crippen MR) is 128 cm³/mol. The molecule has 9 heteroatoms. The molecule has 0 aliphatic rings. The second kappa shape index (κ2) is 14.5. The van der Waals surface area contributed by atoms with Crippen LogP contribution in [0.4, 0.5) is 0 Å². The third kappa shape index (κ3) is 9.13. The Balaban J connectivity index is 0.00000392. The van der Waals surface area contributed by atoms with Gasteiger partial charge in [-0.1, -0.05) is 18.2 Å². The molecule has 1 aromatic heterocycles. The number of guanidine groups is 1. The van der Waals surface area contributed by atoms with E-state index in [2.05, 4.69) is 32.1 Å². The number of benzene rings is 1. The molecule has 1 aromatic carbocycles. The number of aliphatic imine (C=N–C) groups is 1. The third-order valence-electron chi connectivity index (χ3n) is 4.00. The summed E-state index contributed by atoms with van der Waals surface area (Å²) in [5, 5.41) is 15.0. The van der Waals surface area contributed by atoms with E-state index in [0.29, 0.717) is 13.2 Å². The van der Waals surface area contributed by atoms with Crippen LogP contribution < -0.4 is 15.4 Å². The summed E-state index contributed by atoms with van der Waals surface area (Å²) in [6, 6.07) is 9.88. The van der Waals surface area contributed by atoms with E-state index in [1.165, 1.54) is 0 Å². The van der Waals surface area contributed by atoms with Gasteiger partial charge in [-0.2, -0.15) is 11.8 Å². The summed E-state index contributed by atoms with van der Waals surface area (Å²) in [4.78, 5) is 4.65. The molecule has 28 heavy (non-hydrogen) atoms. The lowest BCUT2D eigenvalue weighted by molar-refractivity contribution is 0.311. The van der Waals surface area contributed by atoms with Crippen LogP contribution in [0, 0.1) is 6.92 Å². The number of thioether (sulfide) groups is 1. The monoisotopic (exact) mass is 518 g/mol. The van der Waals surface area contributed by atoms with Crippen molar-refractivity contribution in [2.75, 3.05) is 31.7 Å². The van der Waals surface area contributed by atoms with Crippen LogP contribution in [0.1, 0.15) is 24.5 Å². The average molecular weight is 518 g/mol. The minimum absolute atomic E-state index is 0. The van der Waals surface area contributed by atoms with E-state index in [0.717, 1.165) is 55.0 Å². The SMILES string of the molecule is CSCCCNC(=NCc1nnc(C)n1C)NCCCOc1ccccc1.I. The molecule has 2 N–H and O–H groups in total. The number of halogens is 1. The first-order chi connectivity index (χ1) is 13.2. The number of rotatable bonds is 11. The van der Waals surface area contributed by atoms with E-state index in [4.69, 9.17) is 4.74 Å². The fraction of sp³-hybridized carbons (Fsp3) is 0.526. The van der Waals surface area contributed by atoms with E-state index < -0.39 is 0 Å². The van der Waals surface area contributed by atoms with Crippen molar-refractivity contribution in [3.05, 3.63) is 42.0 Å². The number of aromatic nitrogens is 3. The van der Waals surface area contributed by atoms with Crippen molar-refractivity contribution in [2.24, 2.45) is 12.0 Å². The summed E-state index contributed by atoms with van der Waals surface area (Å²) in [6.45, 7) is 4.78. The highest BCUT2D eigenvalue weighted by Crippen LogP contribution is 2.08. The topological polar surface area (TPSA) is 76.4 Å². The van der Waals surface area contributed by atoms with Gasteiger partial charge in [0.1, 0.15) is 18.1 Å². The van der Waals surface area contributed by atoms with Crippen LogP contribution in [0.15, 0.2) is 35.3 Å². The van der Waals surface area contributed by atoms with Crippen LogP contribution in [0.25, 0.3) is 0 Å². The van der Waals surface area contributed by atoms with Gasteiger partial charge in [-0.3, -0.25) is 0 Å². The third-order valence-corrected chi connectivity index (χ3v) is 4.70. The lowest BCUT2D eigenvalue weighted by atomic mass is 10.3. The van der Waals surface area contributed by atoms with Gasteiger partial charge >= 0.3 is 0 Å². The van der Waals surface area contributed by atoms with Gasteiger partial charge in [-0.05, 0) is 43.9 Å². The highest BCUT2D eigenvalue weighted by molar-refractivity contribution is 14.0. The van der Waals surface area contributed by atoms with Crippen LogP contribution in [-0.2, 0) is 13.6 Å². The second-order valence-corrected chi connectivity index (χ2v) is 7.09. The minimum atomic E-state index is 0. The Hall–Kier alpha value is -1.49. The molecule has 0 spiro atoms. The molecule has 0 fully saturated rings. The molecule has 0 aliphatic heterocycles. The molecule has 0 saturated carbocycles. The minimum Gasteiger partial charge on any atom is -0.494 e. The van der Waals surface area contributed by atoms with Gasteiger partial charge in [-0.15, -0.1) is 34.2 Å². The maximum absolute atomic E-state index is 5.72. The highest BCUT2D eigenvalue weighted by Gasteiger charge is 2.05. The van der Waals surface area contributed by atoms with Gasteiger partial charge < -0.3 is 19.9 Å². The molecule has 0 radical (unpaired) electrons. The van der Waals surface area contributed by atoms with E-state index >= 15 is 0 Å². The van der Waals surface area contributed by atoms with Crippen molar-refractivity contribution in [1.82, 2.24) is 25.4 Å². The average Bonchev–Trinajstić information content (AvgIpc) is 3.01. The molecule has 7 nitrogen and oxygen atoms in total. The van der Waals surface area contributed by atoms with Crippen LogP contribution in [0.3, 0.4) is 0 Å². The van der Waals surface area contributed by atoms with Crippen molar-refractivity contribution in [2.45, 2.75) is 26.3 Å². The molecule has 0 bridgehead atoms. The number of nitrogens with one attached hydrogen (secondary N) is 2. The number of aryl methyl sites for hydroxylation is 1. The number of nitrogens with zero attached hydrogens (tertiary/aromatic N) is 4. The van der Waals surface area contributed by atoms with Gasteiger partial charge in [0.15, 0.2) is 11.8 Å². The van der Waals surface area contributed by atoms with Crippen LogP contribution in [-0.4, -0.2) is 52.4 Å². The van der Waals surface area contributed by atoms with Crippen molar-refractivity contribution < 1.29 is 4.74 Å². The molecule has 2 rings (SSSR count). The van der Waals surface area contributed by atoms with Gasteiger partial charge in [0.05, 0.1) is 6.61 Å². The van der Waals surface area contributed by atoms with Crippen molar-refractivity contribution in [3.8, 4) is 5.75 Å². The van der Waals surface area contributed by atoms with E-state index in [-0.39, 0.29) is 24.0 Å². The molecular formula is C19H31IN6OS. The molecule has 0 atom stereocenters. The van der Waals surface area contributed by atoms with Crippen LogP contribution >= 0.6 is 35.7 Å². The zero-order valence-corrected chi connectivity index (χ0v) is 20.0. The Kier molecular flexibility index (Phi) is 12.7. The first-order valence-corrected chi connectivity index (χ1v) is 10.6. The first kappa shape index (κ1) is 24.5. The fourth-order valence-corrected chi connectivity index (χ4v) is 2.75. The Labute approximate surface area is 189 Å². The van der Waals surface area contributed by atoms with E-state index in [9.17, 15) is 0 Å². The summed E-state index contributed by atoms with van der Waals surface area (Å²) in [5.41, 5.74) is 0. The van der Waals surface area contributed by atoms with Crippen molar-refractivity contribution in [1.29, 1.82) is 0 Å². The molecule has 0 aliphatic carbocycles. The second-order valence-electron chi connectivity index (χ2n) is 6.10. The van der Waals surface area contributed by atoms with Crippen molar-refractivity contribution >= 4 is 41.7 Å². The van der Waals surface area contributed by atoms with Crippen molar-refractivity contribution in [3.63, 3.8) is 0 Å². The summed E-state index contributed by atoms with van der Waals surface area (Å²) < 4.78 is 7.68. The maximum atomic E-state index is 5.72. The zero-order chi connectivity index (χ0) is 19.3. The molecule has 0 unspecified atom stereocenters. The number of ether oxygens (including phenoxy) is 1. The Morgan fingerprint density at radius 2 is 1.86 bits per heavy atom. The molecule has 0 amide bonds. The Morgan fingerprint density at radius 3 is 2.50 bits per heavy atom. The van der Waals surface area contributed by atoms with Gasteiger partial charge in [-0.25, -0.2) is 4.99 Å². The molecular weight excluding hydrogens is 487 g/mol. The summed E-state index contributed by atoms with van der Waals surface area (Å²) in [6.07, 6.45) is 4.11. The Morgan fingerprint density at radius 1 is 1.14 bits per heavy atom. The number of hydrogen-bond acceptors (Lipinski definition) is 5. The summed E-state index contributed by atoms with van der Waals surface area (Å²) in [7, 11) is 1.96. The zero-order valence-electron chi connectivity index (χ0n) is 16.9. The van der Waals surface area contributed by atoms with Gasteiger partial charge in [0.2, 0.25) is 0 Å². The van der Waals surface area contributed by atoms with E-state index in [1.54, 1.807) is 0 Å². The summed E-state index contributed by atoms with van der Waals surface area (Å²) >= 11 is 1.85. The lowest BCUT2D eigenvalue weighted by Crippen LogP contribution is -2.39. The fourth-order valence-electron chi connectivity index (χ4n) is 2.32. The van der Waals surface area contributed by atoms with Gasteiger partial charge in [0.25, 0.3) is 0 Å². The summed E-state index contributed by atoms with van der Waals surface area (Å²) in [5.74, 6) is 4.58. The van der Waals surface area contributed by atoms with Gasteiger partial charge in [0, 0.05) is 20.1 Å². The lowest BCUT2D eigenvalue weighted by Gasteiger charge is -2.13. The molecule has 156 valence electrons. The predicted octanol–water partition coefficient (Wildman–Crippen LogP) is 3.00. The first-order valence-electron chi connectivity index (χ1n) is 9.24. The molecule has 2 aromatic rings. The molecule has 0 saturated heterocycles. The smallest absolute Gasteiger partial charge is 0.191 e. The highest BCUT2D eigenvalue weighted by atomic mass is 127. The normalized spacial score (nSPS) is 11.0. The van der Waals surface area contributed by atoms with Crippen LogP contribution in [0.5, 0.6) is 5.75 Å². The Bertz CT molecular complexity index is 695. The maximum Gasteiger partial charge on any atom is 0.191 e. The molecule has 1 heterocycles. The number of para-hydroxylation sites is 1.